The lowest BCUT2D eigenvalue weighted by Gasteiger charge is -2.32. The van der Waals surface area contributed by atoms with Gasteiger partial charge in [-0.05, 0) is 56.7 Å². The van der Waals surface area contributed by atoms with Crippen LogP contribution in [0.5, 0.6) is 5.75 Å². The Morgan fingerprint density at radius 1 is 0.947 bits per heavy atom. The highest BCUT2D eigenvalue weighted by Gasteiger charge is 2.32. The van der Waals surface area contributed by atoms with E-state index in [2.05, 4.69) is 5.32 Å². The van der Waals surface area contributed by atoms with E-state index in [1.165, 1.54) is 42.3 Å². The van der Waals surface area contributed by atoms with Crippen molar-refractivity contribution < 1.29 is 22.7 Å². The van der Waals surface area contributed by atoms with E-state index in [9.17, 15) is 18.0 Å². The summed E-state index contributed by atoms with van der Waals surface area (Å²) in [5.41, 5.74) is 0.988. The Labute approximate surface area is 229 Å². The molecule has 0 aliphatic carbocycles. The van der Waals surface area contributed by atoms with Gasteiger partial charge in [0, 0.05) is 12.6 Å². The van der Waals surface area contributed by atoms with E-state index < -0.39 is 28.5 Å². The molecule has 0 aromatic heterocycles. The van der Waals surface area contributed by atoms with Gasteiger partial charge >= 0.3 is 0 Å². The van der Waals surface area contributed by atoms with E-state index in [0.29, 0.717) is 5.75 Å². The summed E-state index contributed by atoms with van der Waals surface area (Å²) in [7, 11) is -2.72. The SMILES string of the molecule is COc1ccc(N(CC(=O)N(Cc2ccccc2)[C@H](C)C(=O)NC(C)C)S(=O)(=O)c2ccccc2)cc1Cl. The topological polar surface area (TPSA) is 96.0 Å². The number of anilines is 1. The molecule has 0 aliphatic heterocycles. The fraction of sp³-hybridized carbons (Fsp3) is 0.286. The Balaban J connectivity index is 2.04. The molecule has 2 amide bonds. The van der Waals surface area contributed by atoms with Gasteiger partial charge in [0.1, 0.15) is 18.3 Å². The number of carbonyl (C=O) groups excluding carboxylic acids is 2. The number of rotatable bonds is 11. The molecule has 0 spiro atoms. The van der Waals surface area contributed by atoms with E-state index in [1.807, 2.05) is 44.2 Å². The van der Waals surface area contributed by atoms with E-state index in [4.69, 9.17) is 16.3 Å². The Bertz CT molecular complexity index is 1350. The molecule has 0 radical (unpaired) electrons. The molecule has 0 saturated carbocycles. The van der Waals surface area contributed by atoms with Gasteiger partial charge in [-0.2, -0.15) is 0 Å². The monoisotopic (exact) mass is 557 g/mol. The number of sulfonamides is 1. The smallest absolute Gasteiger partial charge is 0.264 e. The third-order valence-electron chi connectivity index (χ3n) is 5.83. The van der Waals surface area contributed by atoms with Crippen molar-refractivity contribution in [3.05, 3.63) is 89.4 Å². The number of hydrogen-bond acceptors (Lipinski definition) is 5. The van der Waals surface area contributed by atoms with Crippen LogP contribution in [0.3, 0.4) is 0 Å². The molecule has 0 saturated heterocycles. The Morgan fingerprint density at radius 3 is 2.11 bits per heavy atom. The van der Waals surface area contributed by atoms with Crippen molar-refractivity contribution in [1.82, 2.24) is 10.2 Å². The molecule has 202 valence electrons. The van der Waals surface area contributed by atoms with Crippen LogP contribution in [0.1, 0.15) is 26.3 Å². The Hall–Kier alpha value is -3.56. The first-order valence-corrected chi connectivity index (χ1v) is 13.9. The summed E-state index contributed by atoms with van der Waals surface area (Å²) >= 11 is 6.32. The molecule has 1 atom stereocenters. The number of nitrogens with zero attached hydrogens (tertiary/aromatic N) is 2. The molecule has 0 fully saturated rings. The van der Waals surface area contributed by atoms with Crippen molar-refractivity contribution in [1.29, 1.82) is 0 Å². The number of benzene rings is 3. The van der Waals surface area contributed by atoms with E-state index in [0.717, 1.165) is 9.87 Å². The van der Waals surface area contributed by atoms with Gasteiger partial charge in [-0.15, -0.1) is 0 Å². The highest BCUT2D eigenvalue weighted by Crippen LogP contribution is 2.32. The quantitative estimate of drug-likeness (QED) is 0.375. The molecule has 3 rings (SSSR count). The standard InChI is InChI=1S/C28H32ClN3O5S/c1-20(2)30-28(34)21(3)31(18-22-11-7-5-8-12-22)27(33)19-32(23-15-16-26(37-4)25(29)17-23)38(35,36)24-13-9-6-10-14-24/h5-17,20-21H,18-19H2,1-4H3,(H,30,34)/t21-/m1/s1. The van der Waals surface area contributed by atoms with E-state index >= 15 is 0 Å². The van der Waals surface area contributed by atoms with Crippen molar-refractivity contribution in [3.8, 4) is 5.75 Å². The number of carbonyl (C=O) groups is 2. The first kappa shape index (κ1) is 29.0. The van der Waals surface area contributed by atoms with Crippen LogP contribution in [-0.4, -0.2) is 50.9 Å². The molecular weight excluding hydrogens is 526 g/mol. The molecule has 0 bridgehead atoms. The zero-order valence-corrected chi connectivity index (χ0v) is 23.4. The predicted octanol–water partition coefficient (Wildman–Crippen LogP) is 4.49. The second-order valence-electron chi connectivity index (χ2n) is 8.99. The highest BCUT2D eigenvalue weighted by atomic mass is 35.5. The summed E-state index contributed by atoms with van der Waals surface area (Å²) in [6, 6.07) is 20.5. The van der Waals surface area contributed by atoms with Gasteiger partial charge in [-0.3, -0.25) is 13.9 Å². The van der Waals surface area contributed by atoms with Crippen molar-refractivity contribution in [2.75, 3.05) is 18.0 Å². The molecule has 0 aliphatic rings. The lowest BCUT2D eigenvalue weighted by Crippen LogP contribution is -2.52. The third kappa shape index (κ3) is 7.05. The highest BCUT2D eigenvalue weighted by molar-refractivity contribution is 7.92. The van der Waals surface area contributed by atoms with Gasteiger partial charge in [-0.1, -0.05) is 60.1 Å². The maximum absolute atomic E-state index is 13.8. The van der Waals surface area contributed by atoms with Crippen LogP contribution >= 0.6 is 11.6 Å². The molecule has 3 aromatic rings. The molecular formula is C28H32ClN3O5S. The first-order valence-electron chi connectivity index (χ1n) is 12.1. The first-order chi connectivity index (χ1) is 18.0. The van der Waals surface area contributed by atoms with Crippen LogP contribution < -0.4 is 14.4 Å². The zero-order chi connectivity index (χ0) is 27.9. The number of ether oxygens (including phenoxy) is 1. The minimum atomic E-state index is -4.17. The van der Waals surface area contributed by atoms with Gasteiger partial charge in [0.25, 0.3) is 10.0 Å². The average molecular weight is 558 g/mol. The molecule has 1 N–H and O–H groups in total. The van der Waals surface area contributed by atoms with Gasteiger partial charge in [-0.25, -0.2) is 8.42 Å². The summed E-state index contributed by atoms with van der Waals surface area (Å²) in [6.07, 6.45) is 0. The molecule has 10 heteroatoms. The van der Waals surface area contributed by atoms with Gasteiger partial charge in [0.15, 0.2) is 0 Å². The summed E-state index contributed by atoms with van der Waals surface area (Å²) in [6.45, 7) is 4.85. The van der Waals surface area contributed by atoms with Crippen molar-refractivity contribution in [2.45, 2.75) is 44.3 Å². The van der Waals surface area contributed by atoms with Crippen LogP contribution in [0.2, 0.25) is 5.02 Å². The maximum atomic E-state index is 13.8. The summed E-state index contributed by atoms with van der Waals surface area (Å²) in [4.78, 5) is 28.1. The number of halogens is 1. The van der Waals surface area contributed by atoms with Gasteiger partial charge < -0.3 is 15.0 Å². The summed E-state index contributed by atoms with van der Waals surface area (Å²) in [5.74, 6) is -0.524. The molecule has 0 heterocycles. The molecule has 0 unspecified atom stereocenters. The number of hydrogen-bond donors (Lipinski definition) is 1. The van der Waals surface area contributed by atoms with Gasteiger partial charge in [0.05, 0.1) is 22.7 Å². The van der Waals surface area contributed by atoms with Crippen LogP contribution in [0.25, 0.3) is 0 Å². The summed E-state index contributed by atoms with van der Waals surface area (Å²) in [5, 5.41) is 3.02. The van der Waals surface area contributed by atoms with Crippen LogP contribution in [0.15, 0.2) is 83.8 Å². The second kappa shape index (κ2) is 12.8. The molecule has 3 aromatic carbocycles. The van der Waals surface area contributed by atoms with Crippen LogP contribution in [0.4, 0.5) is 5.69 Å². The van der Waals surface area contributed by atoms with Crippen LogP contribution in [0, 0.1) is 0 Å². The van der Waals surface area contributed by atoms with Crippen molar-refractivity contribution in [2.24, 2.45) is 0 Å². The zero-order valence-electron chi connectivity index (χ0n) is 21.8. The number of amides is 2. The van der Waals surface area contributed by atoms with E-state index in [1.54, 1.807) is 25.1 Å². The Kier molecular flexibility index (Phi) is 9.77. The number of methoxy groups -OCH3 is 1. The van der Waals surface area contributed by atoms with E-state index in [-0.39, 0.29) is 34.1 Å². The average Bonchev–Trinajstić information content (AvgIpc) is 2.90. The minimum Gasteiger partial charge on any atom is -0.495 e. The fourth-order valence-corrected chi connectivity index (χ4v) is 5.51. The van der Waals surface area contributed by atoms with Crippen LogP contribution in [-0.2, 0) is 26.2 Å². The fourth-order valence-electron chi connectivity index (χ4n) is 3.83. The number of nitrogens with one attached hydrogen (secondary N) is 1. The molecule has 8 nitrogen and oxygen atoms in total. The van der Waals surface area contributed by atoms with Gasteiger partial charge in [0.2, 0.25) is 11.8 Å². The maximum Gasteiger partial charge on any atom is 0.264 e. The lowest BCUT2D eigenvalue weighted by atomic mass is 10.1. The Morgan fingerprint density at radius 2 is 1.55 bits per heavy atom. The summed E-state index contributed by atoms with van der Waals surface area (Å²) < 4.78 is 33.7. The predicted molar refractivity (Wildman–Crippen MR) is 149 cm³/mol. The third-order valence-corrected chi connectivity index (χ3v) is 7.91. The normalized spacial score (nSPS) is 12.1. The largest absolute Gasteiger partial charge is 0.495 e. The lowest BCUT2D eigenvalue weighted by molar-refractivity contribution is -0.139. The van der Waals surface area contributed by atoms with Crippen molar-refractivity contribution in [3.63, 3.8) is 0 Å². The van der Waals surface area contributed by atoms with Crippen molar-refractivity contribution >= 4 is 39.1 Å². The minimum absolute atomic E-state index is 0.0138. The second-order valence-corrected chi connectivity index (χ2v) is 11.3. The molecule has 38 heavy (non-hydrogen) atoms.